The molecule has 2 aromatic rings. The van der Waals surface area contributed by atoms with E-state index in [9.17, 15) is 0 Å². The van der Waals surface area contributed by atoms with Crippen molar-refractivity contribution in [3.05, 3.63) is 26.6 Å². The first kappa shape index (κ1) is 10.4. The molecule has 0 aliphatic heterocycles. The summed E-state index contributed by atoms with van der Waals surface area (Å²) in [6, 6.07) is 3.84. The fraction of sp³-hybridized carbons (Fsp3) is 0.300. The fourth-order valence-corrected chi connectivity index (χ4v) is 3.00. The van der Waals surface area contributed by atoms with Crippen LogP contribution in [0.3, 0.4) is 0 Å². The maximum absolute atomic E-state index is 6.01. The van der Waals surface area contributed by atoms with Crippen LogP contribution >= 0.6 is 38.9 Å². The van der Waals surface area contributed by atoms with Crippen molar-refractivity contribution in [3.63, 3.8) is 0 Å². The lowest BCUT2D eigenvalue weighted by Crippen LogP contribution is -1.82. The molecule has 1 heterocycles. The van der Waals surface area contributed by atoms with E-state index in [0.717, 1.165) is 24.7 Å². The van der Waals surface area contributed by atoms with Crippen molar-refractivity contribution >= 4 is 49.1 Å². The van der Waals surface area contributed by atoms with Crippen molar-refractivity contribution in [1.82, 2.24) is 4.98 Å². The van der Waals surface area contributed by atoms with E-state index in [-0.39, 0.29) is 0 Å². The number of halogens is 2. The second kappa shape index (κ2) is 3.80. The Kier molecular flexibility index (Phi) is 2.82. The molecule has 4 heteroatoms. The van der Waals surface area contributed by atoms with E-state index in [2.05, 4.69) is 34.8 Å². The minimum Gasteiger partial charge on any atom is -0.241 e. The average molecular weight is 291 g/mol. The van der Waals surface area contributed by atoms with Crippen molar-refractivity contribution < 1.29 is 0 Å². The maximum Gasteiger partial charge on any atom is 0.0964 e. The minimum absolute atomic E-state index is 0.470. The largest absolute Gasteiger partial charge is 0.241 e. The topological polar surface area (TPSA) is 12.9 Å². The number of hydrogen-bond acceptors (Lipinski definition) is 2. The zero-order valence-corrected chi connectivity index (χ0v) is 11.0. The van der Waals surface area contributed by atoms with Crippen LogP contribution in [0.15, 0.2) is 16.6 Å². The van der Waals surface area contributed by atoms with E-state index < -0.39 is 0 Å². The van der Waals surface area contributed by atoms with Crippen molar-refractivity contribution in [2.45, 2.75) is 19.8 Å². The van der Waals surface area contributed by atoms with E-state index in [0.29, 0.717) is 5.92 Å². The van der Waals surface area contributed by atoms with Crippen LogP contribution < -0.4 is 0 Å². The number of fused-ring (bicyclic) bond motifs is 1. The Hall–Kier alpha value is -0.120. The SMILES string of the molecule is CC(C)c1nc2ccc(Cl)c(Br)c2s1. The smallest absolute Gasteiger partial charge is 0.0964 e. The summed E-state index contributed by atoms with van der Waals surface area (Å²) in [6.45, 7) is 4.29. The Morgan fingerprint density at radius 2 is 2.14 bits per heavy atom. The summed E-state index contributed by atoms with van der Waals surface area (Å²) in [7, 11) is 0. The van der Waals surface area contributed by atoms with Crippen LogP contribution in [0, 0.1) is 0 Å². The highest BCUT2D eigenvalue weighted by Gasteiger charge is 2.11. The molecule has 0 radical (unpaired) electrons. The van der Waals surface area contributed by atoms with E-state index >= 15 is 0 Å². The molecule has 0 fully saturated rings. The lowest BCUT2D eigenvalue weighted by Gasteiger charge is -1.94. The zero-order valence-electron chi connectivity index (χ0n) is 7.84. The van der Waals surface area contributed by atoms with E-state index in [4.69, 9.17) is 11.6 Å². The molecule has 0 bridgehead atoms. The highest BCUT2D eigenvalue weighted by molar-refractivity contribution is 9.10. The quantitative estimate of drug-likeness (QED) is 0.732. The fourth-order valence-electron chi connectivity index (χ4n) is 1.20. The highest BCUT2D eigenvalue weighted by Crippen LogP contribution is 2.36. The molecule has 0 aliphatic carbocycles. The summed E-state index contributed by atoms with van der Waals surface area (Å²) in [6.07, 6.45) is 0. The first-order chi connectivity index (χ1) is 6.59. The molecule has 0 unspecified atom stereocenters. The average Bonchev–Trinajstić information content (AvgIpc) is 2.56. The molecule has 1 aromatic heterocycles. The lowest BCUT2D eigenvalue weighted by molar-refractivity contribution is 0.857. The first-order valence-electron chi connectivity index (χ1n) is 4.34. The second-order valence-electron chi connectivity index (χ2n) is 3.42. The van der Waals surface area contributed by atoms with Crippen LogP contribution in [0.2, 0.25) is 5.02 Å². The van der Waals surface area contributed by atoms with Crippen LogP contribution in [0.1, 0.15) is 24.8 Å². The van der Waals surface area contributed by atoms with Gasteiger partial charge in [0, 0.05) is 5.92 Å². The van der Waals surface area contributed by atoms with Crippen LogP contribution in [0.4, 0.5) is 0 Å². The van der Waals surface area contributed by atoms with Crippen molar-refractivity contribution in [2.24, 2.45) is 0 Å². The maximum atomic E-state index is 6.01. The van der Waals surface area contributed by atoms with Gasteiger partial charge < -0.3 is 0 Å². The van der Waals surface area contributed by atoms with Gasteiger partial charge in [-0.2, -0.15) is 0 Å². The number of rotatable bonds is 1. The normalized spacial score (nSPS) is 11.5. The molecule has 0 atom stereocenters. The minimum atomic E-state index is 0.470. The van der Waals surface area contributed by atoms with Gasteiger partial charge in [-0.05, 0) is 28.1 Å². The number of hydrogen-bond donors (Lipinski definition) is 0. The molecule has 0 spiro atoms. The third-order valence-corrected chi connectivity index (χ3v) is 4.98. The molecule has 14 heavy (non-hydrogen) atoms. The standard InChI is InChI=1S/C10H9BrClNS/c1-5(2)10-13-7-4-3-6(12)8(11)9(7)14-10/h3-5H,1-2H3. The summed E-state index contributed by atoms with van der Waals surface area (Å²) in [5.74, 6) is 0.470. The van der Waals surface area contributed by atoms with Gasteiger partial charge in [0.25, 0.3) is 0 Å². The van der Waals surface area contributed by atoms with Gasteiger partial charge in [-0.3, -0.25) is 0 Å². The molecule has 2 rings (SSSR count). The van der Waals surface area contributed by atoms with Gasteiger partial charge in [0.15, 0.2) is 0 Å². The van der Waals surface area contributed by atoms with E-state index in [1.807, 2.05) is 12.1 Å². The molecule has 74 valence electrons. The number of aromatic nitrogens is 1. The molecule has 0 saturated carbocycles. The predicted octanol–water partition coefficient (Wildman–Crippen LogP) is 4.84. The van der Waals surface area contributed by atoms with Gasteiger partial charge in [0.05, 0.1) is 24.7 Å². The summed E-state index contributed by atoms with van der Waals surface area (Å²) in [5.41, 5.74) is 1.02. The predicted molar refractivity (Wildman–Crippen MR) is 66.4 cm³/mol. The van der Waals surface area contributed by atoms with Crippen molar-refractivity contribution in [1.29, 1.82) is 0 Å². The Bertz CT molecular complexity index is 478. The molecule has 0 saturated heterocycles. The van der Waals surface area contributed by atoms with Gasteiger partial charge in [-0.25, -0.2) is 4.98 Å². The van der Waals surface area contributed by atoms with Gasteiger partial charge in [-0.15, -0.1) is 11.3 Å². The molecule has 0 amide bonds. The Balaban J connectivity index is 2.71. The Labute approximate surface area is 100 Å². The van der Waals surface area contributed by atoms with Crippen LogP contribution in [-0.2, 0) is 0 Å². The third-order valence-electron chi connectivity index (χ3n) is 1.96. The molecular weight excluding hydrogens is 282 g/mol. The van der Waals surface area contributed by atoms with Gasteiger partial charge in [-0.1, -0.05) is 25.4 Å². The van der Waals surface area contributed by atoms with Crippen LogP contribution in [-0.4, -0.2) is 4.98 Å². The summed E-state index contributed by atoms with van der Waals surface area (Å²) >= 11 is 11.2. The van der Waals surface area contributed by atoms with Gasteiger partial charge >= 0.3 is 0 Å². The Morgan fingerprint density at radius 3 is 2.79 bits per heavy atom. The van der Waals surface area contributed by atoms with E-state index in [1.165, 1.54) is 0 Å². The monoisotopic (exact) mass is 289 g/mol. The van der Waals surface area contributed by atoms with Gasteiger partial charge in [0.1, 0.15) is 0 Å². The van der Waals surface area contributed by atoms with Crippen molar-refractivity contribution in [2.75, 3.05) is 0 Å². The molecule has 1 aromatic carbocycles. The lowest BCUT2D eigenvalue weighted by atomic mass is 10.2. The third kappa shape index (κ3) is 1.69. The van der Waals surface area contributed by atoms with Crippen molar-refractivity contribution in [3.8, 4) is 0 Å². The molecular formula is C10H9BrClNS. The number of nitrogens with zero attached hydrogens (tertiary/aromatic N) is 1. The first-order valence-corrected chi connectivity index (χ1v) is 6.32. The number of thiazole rings is 1. The zero-order chi connectivity index (χ0) is 10.3. The summed E-state index contributed by atoms with van der Waals surface area (Å²) in [4.78, 5) is 4.54. The second-order valence-corrected chi connectivity index (χ2v) is 5.65. The Morgan fingerprint density at radius 1 is 1.43 bits per heavy atom. The van der Waals surface area contributed by atoms with E-state index in [1.54, 1.807) is 11.3 Å². The van der Waals surface area contributed by atoms with Crippen LogP contribution in [0.5, 0.6) is 0 Å². The number of benzene rings is 1. The summed E-state index contributed by atoms with van der Waals surface area (Å²) in [5, 5.41) is 1.90. The van der Waals surface area contributed by atoms with Gasteiger partial charge in [0.2, 0.25) is 0 Å². The molecule has 0 aliphatic rings. The highest BCUT2D eigenvalue weighted by atomic mass is 79.9. The van der Waals surface area contributed by atoms with Crippen LogP contribution in [0.25, 0.3) is 10.2 Å². The summed E-state index contributed by atoms with van der Waals surface area (Å²) < 4.78 is 2.10. The molecule has 0 N–H and O–H groups in total. The molecule has 1 nitrogen and oxygen atoms in total.